The van der Waals surface area contributed by atoms with Crippen LogP contribution in [0.15, 0.2) is 12.4 Å². The van der Waals surface area contributed by atoms with E-state index < -0.39 is 0 Å². The van der Waals surface area contributed by atoms with Crippen LogP contribution in [0.5, 0.6) is 0 Å². The van der Waals surface area contributed by atoms with E-state index in [1.165, 1.54) is 18.6 Å². The van der Waals surface area contributed by atoms with Crippen LogP contribution < -0.4 is 10.3 Å². The van der Waals surface area contributed by atoms with Gasteiger partial charge in [-0.05, 0) is 29.6 Å². The zero-order chi connectivity index (χ0) is 13.1. The Kier molecular flexibility index (Phi) is 2.66. The topological polar surface area (TPSA) is 8.81 Å². The molecule has 1 aromatic heterocycles. The van der Waals surface area contributed by atoms with Gasteiger partial charge < -0.3 is 0 Å². The molecule has 0 aromatic carbocycles. The molecule has 3 aliphatic carbocycles. The minimum absolute atomic E-state index is 0.597. The lowest BCUT2D eigenvalue weighted by molar-refractivity contribution is -0.653. The molecule has 1 aromatic rings. The minimum atomic E-state index is 0.597. The number of hydrogen-bond donors (Lipinski definition) is 0. The molecule has 1 radical (unpaired) electrons. The summed E-state index contributed by atoms with van der Waals surface area (Å²) < 4.78 is 4.47. The Hall–Kier alpha value is -0.725. The van der Waals surface area contributed by atoms with Crippen molar-refractivity contribution in [3.8, 4) is 0 Å². The lowest BCUT2D eigenvalue weighted by Crippen LogP contribution is -2.58. The highest BCUT2D eigenvalue weighted by molar-refractivity contribution is 6.52. The maximum Gasteiger partial charge on any atom is 0.271 e. The molecule has 4 unspecified atom stereocenters. The molecule has 4 rings (SSSR count). The van der Waals surface area contributed by atoms with Gasteiger partial charge in [-0.1, -0.05) is 33.0 Å². The Labute approximate surface area is 112 Å². The standard InChI is InChI=1S/C15H25BN2/c1-10-12-8-11(15(12,2)3)9-13(10)16-14-17(4)6-7-18(14)5/h6-7,10-13H,8-9H2,1-5H3/q+1. The SMILES string of the molecule is CC1C([B]c2n(C)cc[n+]2C)CC2CC1C2(C)C. The molecule has 4 atom stereocenters. The molecule has 3 aliphatic rings. The first kappa shape index (κ1) is 12.3. The van der Waals surface area contributed by atoms with E-state index in [4.69, 9.17) is 0 Å². The van der Waals surface area contributed by atoms with Gasteiger partial charge in [0, 0.05) is 0 Å². The summed E-state index contributed by atoms with van der Waals surface area (Å²) in [7, 11) is 6.80. The average Bonchev–Trinajstić information content (AvgIpc) is 2.62. The van der Waals surface area contributed by atoms with Crippen LogP contribution in [0.1, 0.15) is 33.6 Å². The Morgan fingerprint density at radius 3 is 2.61 bits per heavy atom. The normalized spacial score (nSPS) is 37.2. The molecule has 0 aliphatic heterocycles. The Morgan fingerprint density at radius 1 is 1.39 bits per heavy atom. The molecular formula is C15H25BN2+. The first-order valence-corrected chi connectivity index (χ1v) is 7.27. The van der Waals surface area contributed by atoms with Crippen LogP contribution in [0.25, 0.3) is 0 Å². The Balaban J connectivity index is 1.77. The van der Waals surface area contributed by atoms with Crippen LogP contribution >= 0.6 is 0 Å². The third-order valence-electron chi connectivity index (χ3n) is 6.01. The Morgan fingerprint density at radius 2 is 2.11 bits per heavy atom. The van der Waals surface area contributed by atoms with E-state index in [0.717, 1.165) is 23.6 Å². The lowest BCUT2D eigenvalue weighted by atomic mass is 9.37. The van der Waals surface area contributed by atoms with Gasteiger partial charge in [0.1, 0.15) is 12.4 Å². The van der Waals surface area contributed by atoms with E-state index in [1.54, 1.807) is 0 Å². The van der Waals surface area contributed by atoms with Gasteiger partial charge in [0.15, 0.2) is 5.72 Å². The highest BCUT2D eigenvalue weighted by atomic mass is 15.1. The van der Waals surface area contributed by atoms with Crippen molar-refractivity contribution in [2.75, 3.05) is 0 Å². The number of hydrogen-bond acceptors (Lipinski definition) is 0. The highest BCUT2D eigenvalue weighted by Gasteiger charge is 2.56. The molecule has 0 spiro atoms. The maximum absolute atomic E-state index is 2.51. The number of nitrogens with zero attached hydrogens (tertiary/aromatic N) is 2. The number of aromatic nitrogens is 2. The summed E-state index contributed by atoms with van der Waals surface area (Å²) >= 11 is 0. The van der Waals surface area contributed by atoms with Crippen LogP contribution in [-0.2, 0) is 14.1 Å². The smallest absolute Gasteiger partial charge is 0.247 e. The third-order valence-corrected chi connectivity index (χ3v) is 6.01. The van der Waals surface area contributed by atoms with Crippen molar-refractivity contribution < 1.29 is 4.57 Å². The molecule has 2 nitrogen and oxygen atoms in total. The van der Waals surface area contributed by atoms with Crippen molar-refractivity contribution in [2.45, 2.75) is 39.4 Å². The van der Waals surface area contributed by atoms with Crippen molar-refractivity contribution in [1.29, 1.82) is 0 Å². The van der Waals surface area contributed by atoms with Gasteiger partial charge in [0.25, 0.3) is 7.28 Å². The summed E-state index contributed by atoms with van der Waals surface area (Å²) in [6.07, 6.45) is 7.14. The summed E-state index contributed by atoms with van der Waals surface area (Å²) in [4.78, 5) is 0. The predicted molar refractivity (Wildman–Crippen MR) is 74.9 cm³/mol. The first-order valence-electron chi connectivity index (χ1n) is 7.27. The molecule has 3 saturated carbocycles. The zero-order valence-electron chi connectivity index (χ0n) is 12.4. The van der Waals surface area contributed by atoms with E-state index in [1.807, 2.05) is 0 Å². The summed E-state index contributed by atoms with van der Waals surface area (Å²) in [5.74, 6) is 3.48. The largest absolute Gasteiger partial charge is 0.271 e. The van der Waals surface area contributed by atoms with E-state index in [-0.39, 0.29) is 0 Å². The Bertz CT molecular complexity index is 444. The molecule has 1 heterocycles. The van der Waals surface area contributed by atoms with Gasteiger partial charge in [-0.25, -0.2) is 9.13 Å². The first-order chi connectivity index (χ1) is 8.41. The molecule has 18 heavy (non-hydrogen) atoms. The number of imidazole rings is 1. The summed E-state index contributed by atoms with van der Waals surface area (Å²) in [6, 6.07) is 0. The van der Waals surface area contributed by atoms with E-state index >= 15 is 0 Å². The van der Waals surface area contributed by atoms with Crippen molar-refractivity contribution in [2.24, 2.45) is 37.3 Å². The maximum atomic E-state index is 2.51. The number of fused-ring (bicyclic) bond motifs is 2. The van der Waals surface area contributed by atoms with Crippen molar-refractivity contribution >= 4 is 13.0 Å². The minimum Gasteiger partial charge on any atom is -0.247 e. The van der Waals surface area contributed by atoms with Gasteiger partial charge in [0.05, 0.1) is 14.1 Å². The van der Waals surface area contributed by atoms with Crippen molar-refractivity contribution in [3.05, 3.63) is 12.4 Å². The van der Waals surface area contributed by atoms with Gasteiger partial charge in [0.2, 0.25) is 0 Å². The van der Waals surface area contributed by atoms with E-state index in [2.05, 4.69) is 63.7 Å². The fourth-order valence-electron chi connectivity index (χ4n) is 4.44. The fraction of sp³-hybridized carbons (Fsp3) is 0.800. The number of rotatable bonds is 2. The second-order valence-corrected chi connectivity index (χ2v) is 7.16. The van der Waals surface area contributed by atoms with Crippen molar-refractivity contribution in [3.63, 3.8) is 0 Å². The summed E-state index contributed by atoms with van der Waals surface area (Å²) in [5, 5.41) is 0. The van der Waals surface area contributed by atoms with E-state index in [0.29, 0.717) is 5.41 Å². The van der Waals surface area contributed by atoms with Crippen LogP contribution in [0.4, 0.5) is 0 Å². The molecule has 0 N–H and O–H groups in total. The van der Waals surface area contributed by atoms with Gasteiger partial charge in [-0.3, -0.25) is 0 Å². The highest BCUT2D eigenvalue weighted by Crippen LogP contribution is 2.64. The van der Waals surface area contributed by atoms with Gasteiger partial charge in [-0.2, -0.15) is 0 Å². The predicted octanol–water partition coefficient (Wildman–Crippen LogP) is 1.67. The van der Waals surface area contributed by atoms with Crippen LogP contribution in [0, 0.1) is 23.2 Å². The molecule has 3 heteroatoms. The zero-order valence-corrected chi connectivity index (χ0v) is 12.4. The van der Waals surface area contributed by atoms with Crippen molar-refractivity contribution in [1.82, 2.24) is 4.57 Å². The summed E-state index contributed by atoms with van der Waals surface area (Å²) in [6.45, 7) is 7.41. The van der Waals surface area contributed by atoms with Crippen LogP contribution in [-0.4, -0.2) is 11.8 Å². The number of aryl methyl sites for hydroxylation is 2. The molecule has 0 amide bonds. The monoisotopic (exact) mass is 244 g/mol. The van der Waals surface area contributed by atoms with Gasteiger partial charge >= 0.3 is 0 Å². The van der Waals surface area contributed by atoms with Crippen LogP contribution in [0.3, 0.4) is 0 Å². The summed E-state index contributed by atoms with van der Waals surface area (Å²) in [5.41, 5.74) is 1.95. The molecule has 97 valence electrons. The molecule has 0 saturated heterocycles. The quantitative estimate of drug-likeness (QED) is 0.552. The molecular weight excluding hydrogens is 219 g/mol. The second kappa shape index (κ2) is 3.88. The van der Waals surface area contributed by atoms with Gasteiger partial charge in [-0.15, -0.1) is 0 Å². The van der Waals surface area contributed by atoms with E-state index in [9.17, 15) is 0 Å². The lowest BCUT2D eigenvalue weighted by Gasteiger charge is -2.62. The average molecular weight is 244 g/mol. The third kappa shape index (κ3) is 1.59. The molecule has 3 fully saturated rings. The fourth-order valence-corrected chi connectivity index (χ4v) is 4.44. The molecule has 2 bridgehead atoms. The second-order valence-electron chi connectivity index (χ2n) is 7.16. The van der Waals surface area contributed by atoms with Crippen LogP contribution in [0.2, 0.25) is 5.82 Å².